The summed E-state index contributed by atoms with van der Waals surface area (Å²) in [6.45, 7) is 6.70. The Morgan fingerprint density at radius 3 is 2.36 bits per heavy atom. The molecule has 3 N–H and O–H groups in total. The largest absolute Gasteiger partial charge is 0.416 e. The average Bonchev–Trinajstić information content (AvgIpc) is 2.58. The molecule has 1 aromatic heterocycles. The van der Waals surface area contributed by atoms with Crippen molar-refractivity contribution in [2.24, 2.45) is 5.73 Å². The van der Waals surface area contributed by atoms with Gasteiger partial charge in [0.05, 0.1) is 16.9 Å². The highest BCUT2D eigenvalue weighted by Gasteiger charge is 2.32. The molecule has 0 aliphatic heterocycles. The molecule has 150 valence electrons. The van der Waals surface area contributed by atoms with Gasteiger partial charge in [-0.2, -0.15) is 13.2 Å². The number of anilines is 1. The second kappa shape index (κ2) is 8.22. The lowest BCUT2D eigenvalue weighted by Gasteiger charge is -2.14. The van der Waals surface area contributed by atoms with Gasteiger partial charge in [-0.25, -0.2) is 4.98 Å². The van der Waals surface area contributed by atoms with E-state index in [9.17, 15) is 22.8 Å². The van der Waals surface area contributed by atoms with Crippen LogP contribution in [0.2, 0.25) is 0 Å². The minimum absolute atomic E-state index is 0.0443. The summed E-state index contributed by atoms with van der Waals surface area (Å²) >= 11 is 1.01. The number of carbonyl (C=O) groups excluding carboxylic acids is 2. The lowest BCUT2D eigenvalue weighted by Crippen LogP contribution is -2.19. The first-order valence-electron chi connectivity index (χ1n) is 8.30. The summed E-state index contributed by atoms with van der Waals surface area (Å²) in [6, 6.07) is 3.59. The highest BCUT2D eigenvalue weighted by atomic mass is 32.2. The third kappa shape index (κ3) is 4.83. The molecule has 0 spiro atoms. The number of nitrogens with two attached hydrogens (primary N) is 1. The molecule has 5 nitrogen and oxygen atoms in total. The smallest absolute Gasteiger partial charge is 0.366 e. The van der Waals surface area contributed by atoms with Crippen LogP contribution in [0, 0.1) is 27.7 Å². The Morgan fingerprint density at radius 1 is 1.14 bits per heavy atom. The maximum atomic E-state index is 13.0. The van der Waals surface area contributed by atoms with Gasteiger partial charge in [0.2, 0.25) is 5.91 Å². The molecule has 1 heterocycles. The maximum Gasteiger partial charge on any atom is 0.416 e. The van der Waals surface area contributed by atoms with Crippen molar-refractivity contribution >= 4 is 29.3 Å². The topological polar surface area (TPSA) is 85.1 Å². The summed E-state index contributed by atoms with van der Waals surface area (Å²) in [5.74, 6) is -1.30. The second-order valence-electron chi connectivity index (χ2n) is 6.36. The number of hydrogen-bond donors (Lipinski definition) is 2. The van der Waals surface area contributed by atoms with Crippen molar-refractivity contribution in [1.82, 2.24) is 4.98 Å². The molecular weight excluding hydrogens is 391 g/mol. The van der Waals surface area contributed by atoms with Crippen molar-refractivity contribution in [1.29, 1.82) is 0 Å². The van der Waals surface area contributed by atoms with Gasteiger partial charge in [-0.3, -0.25) is 9.59 Å². The second-order valence-corrected chi connectivity index (χ2v) is 7.32. The van der Waals surface area contributed by atoms with Crippen molar-refractivity contribution in [3.8, 4) is 0 Å². The summed E-state index contributed by atoms with van der Waals surface area (Å²) in [5, 5.41) is 2.76. The Kier molecular flexibility index (Phi) is 6.38. The van der Waals surface area contributed by atoms with Gasteiger partial charge in [0, 0.05) is 11.4 Å². The van der Waals surface area contributed by atoms with Crippen LogP contribution in [0.1, 0.15) is 38.3 Å². The van der Waals surface area contributed by atoms with E-state index in [1.807, 2.05) is 6.92 Å². The van der Waals surface area contributed by atoms with E-state index in [0.29, 0.717) is 16.3 Å². The van der Waals surface area contributed by atoms with Crippen LogP contribution in [0.3, 0.4) is 0 Å². The van der Waals surface area contributed by atoms with Crippen LogP contribution in [0.4, 0.5) is 18.9 Å². The zero-order valence-corrected chi connectivity index (χ0v) is 16.6. The van der Waals surface area contributed by atoms with Crippen molar-refractivity contribution in [3.63, 3.8) is 0 Å². The van der Waals surface area contributed by atoms with Crippen molar-refractivity contribution in [3.05, 3.63) is 51.7 Å². The molecule has 0 fully saturated rings. The zero-order valence-electron chi connectivity index (χ0n) is 15.8. The van der Waals surface area contributed by atoms with Crippen LogP contribution in [0.5, 0.6) is 0 Å². The van der Waals surface area contributed by atoms with Gasteiger partial charge in [-0.05, 0) is 56.5 Å². The molecule has 0 aliphatic carbocycles. The van der Waals surface area contributed by atoms with Crippen molar-refractivity contribution in [2.45, 2.75) is 38.9 Å². The average molecular weight is 411 g/mol. The molecule has 9 heteroatoms. The third-order valence-corrected chi connectivity index (χ3v) is 5.35. The summed E-state index contributed by atoms with van der Waals surface area (Å²) in [6.07, 6.45) is -4.50. The van der Waals surface area contributed by atoms with Gasteiger partial charge < -0.3 is 11.1 Å². The van der Waals surface area contributed by atoms with E-state index in [1.165, 1.54) is 19.1 Å². The van der Waals surface area contributed by atoms with Crippen molar-refractivity contribution < 1.29 is 22.8 Å². The van der Waals surface area contributed by atoms with Crippen LogP contribution in [-0.2, 0) is 11.0 Å². The van der Waals surface area contributed by atoms with E-state index in [4.69, 9.17) is 5.73 Å². The molecule has 0 saturated heterocycles. The fraction of sp³-hybridized carbons (Fsp3) is 0.316. The molecule has 2 rings (SSSR count). The van der Waals surface area contributed by atoms with Crippen LogP contribution in [-0.4, -0.2) is 22.6 Å². The number of rotatable bonds is 5. The number of aromatic nitrogens is 1. The van der Waals surface area contributed by atoms with E-state index in [1.54, 1.807) is 13.8 Å². The van der Waals surface area contributed by atoms with Gasteiger partial charge in [0.1, 0.15) is 5.03 Å². The van der Waals surface area contributed by atoms with E-state index in [0.717, 1.165) is 23.4 Å². The molecule has 0 unspecified atom stereocenters. The first kappa shape index (κ1) is 21.7. The highest BCUT2D eigenvalue weighted by Crippen LogP contribution is 2.33. The molecule has 0 saturated carbocycles. The van der Waals surface area contributed by atoms with Crippen molar-refractivity contribution in [2.75, 3.05) is 11.1 Å². The van der Waals surface area contributed by atoms with E-state index in [-0.39, 0.29) is 22.6 Å². The highest BCUT2D eigenvalue weighted by molar-refractivity contribution is 8.00. The fourth-order valence-electron chi connectivity index (χ4n) is 2.64. The maximum absolute atomic E-state index is 13.0. The molecular formula is C19H20F3N3O2S. The van der Waals surface area contributed by atoms with Gasteiger partial charge >= 0.3 is 6.18 Å². The number of nitrogens with one attached hydrogen (secondary N) is 1. The van der Waals surface area contributed by atoms with Gasteiger partial charge in [0.15, 0.2) is 0 Å². The lowest BCUT2D eigenvalue weighted by molar-refractivity contribution is -0.138. The molecule has 0 aliphatic rings. The number of halogens is 3. The number of nitrogens with zero attached hydrogens (tertiary/aromatic N) is 1. The van der Waals surface area contributed by atoms with Crippen LogP contribution in [0.25, 0.3) is 0 Å². The van der Waals surface area contributed by atoms with Gasteiger partial charge in [-0.15, -0.1) is 0 Å². The molecule has 28 heavy (non-hydrogen) atoms. The molecule has 0 atom stereocenters. The van der Waals surface area contributed by atoms with E-state index in [2.05, 4.69) is 10.3 Å². The minimum atomic E-state index is -4.50. The Labute approximate surface area is 164 Å². The Hall–Kier alpha value is -2.55. The number of alkyl halides is 3. The first-order valence-corrected chi connectivity index (χ1v) is 9.28. The number of aryl methyl sites for hydroxylation is 2. The quantitative estimate of drug-likeness (QED) is 0.724. The van der Waals surface area contributed by atoms with Gasteiger partial charge in [-0.1, -0.05) is 17.8 Å². The SMILES string of the molecule is Cc1ccc(NC(=O)CSc2nc(C)c(C)c(C)c2C(N)=O)cc1C(F)(F)F. The predicted molar refractivity (Wildman–Crippen MR) is 103 cm³/mol. The fourth-order valence-corrected chi connectivity index (χ4v) is 3.58. The van der Waals surface area contributed by atoms with Crippen LogP contribution >= 0.6 is 11.8 Å². The normalized spacial score (nSPS) is 11.4. The Morgan fingerprint density at radius 2 is 1.79 bits per heavy atom. The standard InChI is InChI=1S/C19H20F3N3O2S/c1-9-5-6-13(7-14(9)19(20,21)22)25-15(26)8-28-18-16(17(23)27)11(3)10(2)12(4)24-18/h5-7H,8H2,1-4H3,(H2,23,27)(H,25,26). The monoisotopic (exact) mass is 411 g/mol. The Bertz CT molecular complexity index is 943. The van der Waals surface area contributed by atoms with E-state index >= 15 is 0 Å². The summed E-state index contributed by atoms with van der Waals surface area (Å²) in [7, 11) is 0. The minimum Gasteiger partial charge on any atom is -0.366 e. The predicted octanol–water partition coefficient (Wildman–Crippen LogP) is 4.16. The molecule has 0 bridgehead atoms. The summed E-state index contributed by atoms with van der Waals surface area (Å²) in [5.41, 5.74) is 7.23. The number of amides is 2. The van der Waals surface area contributed by atoms with Gasteiger partial charge in [0.25, 0.3) is 5.91 Å². The van der Waals surface area contributed by atoms with Crippen LogP contribution in [0.15, 0.2) is 23.2 Å². The summed E-state index contributed by atoms with van der Waals surface area (Å²) < 4.78 is 39.0. The third-order valence-electron chi connectivity index (χ3n) is 4.38. The van der Waals surface area contributed by atoms with Crippen LogP contribution < -0.4 is 11.1 Å². The number of hydrogen-bond acceptors (Lipinski definition) is 4. The molecule has 0 radical (unpaired) electrons. The number of benzene rings is 1. The Balaban J connectivity index is 2.17. The zero-order chi connectivity index (χ0) is 21.2. The number of thioether (sulfide) groups is 1. The molecule has 2 aromatic rings. The number of carbonyl (C=O) groups is 2. The number of primary amides is 1. The molecule has 2 amide bonds. The van der Waals surface area contributed by atoms with E-state index < -0.39 is 23.6 Å². The first-order chi connectivity index (χ1) is 12.9. The molecule has 1 aromatic carbocycles. The number of pyridine rings is 1. The summed E-state index contributed by atoms with van der Waals surface area (Å²) in [4.78, 5) is 28.3. The lowest BCUT2D eigenvalue weighted by atomic mass is 10.0.